The van der Waals surface area contributed by atoms with E-state index in [0.29, 0.717) is 5.70 Å². The number of hydrogen-bond acceptors (Lipinski definition) is 3. The van der Waals surface area contributed by atoms with Gasteiger partial charge in [-0.05, 0) is 24.6 Å². The molecule has 2 rings (SSSR count). The highest BCUT2D eigenvalue weighted by atomic mass is 14.8. The van der Waals surface area contributed by atoms with Crippen LogP contribution >= 0.6 is 0 Å². The van der Waals surface area contributed by atoms with Crippen molar-refractivity contribution >= 4 is 11.4 Å². The molecule has 0 amide bonds. The lowest BCUT2D eigenvalue weighted by Crippen LogP contribution is -2.16. The molecule has 0 bridgehead atoms. The monoisotopic (exact) mass is 251 g/mol. The van der Waals surface area contributed by atoms with Gasteiger partial charge in [0.25, 0.3) is 0 Å². The van der Waals surface area contributed by atoms with E-state index in [-0.39, 0.29) is 5.82 Å². The molecule has 0 atom stereocenters. The minimum atomic E-state index is 0.260. The predicted octanol–water partition coefficient (Wildman–Crippen LogP) is 2.66. The van der Waals surface area contributed by atoms with E-state index in [4.69, 9.17) is 11.5 Å². The molecule has 19 heavy (non-hydrogen) atoms. The average molecular weight is 251 g/mol. The predicted molar refractivity (Wildman–Crippen MR) is 81.3 cm³/mol. The number of allylic oxidation sites excluding steroid dienone is 5. The van der Waals surface area contributed by atoms with E-state index in [1.807, 2.05) is 55.5 Å². The largest absolute Gasteiger partial charge is 0.385 e. The van der Waals surface area contributed by atoms with E-state index in [2.05, 4.69) is 11.6 Å². The van der Waals surface area contributed by atoms with Crippen LogP contribution in [0.1, 0.15) is 11.1 Å². The van der Waals surface area contributed by atoms with E-state index in [1.165, 1.54) is 5.56 Å². The van der Waals surface area contributed by atoms with Crippen molar-refractivity contribution in [3.05, 3.63) is 77.7 Å². The first-order valence-corrected chi connectivity index (χ1v) is 6.03. The van der Waals surface area contributed by atoms with Crippen molar-refractivity contribution in [1.82, 2.24) is 0 Å². The maximum absolute atomic E-state index is 5.65. The van der Waals surface area contributed by atoms with Gasteiger partial charge >= 0.3 is 0 Å². The van der Waals surface area contributed by atoms with Crippen LogP contribution in [0.25, 0.3) is 5.70 Å². The van der Waals surface area contributed by atoms with Gasteiger partial charge in [-0.15, -0.1) is 0 Å². The quantitative estimate of drug-likeness (QED) is 0.848. The van der Waals surface area contributed by atoms with Crippen LogP contribution in [0.4, 0.5) is 0 Å². The van der Waals surface area contributed by atoms with E-state index in [9.17, 15) is 0 Å². The number of benzene rings is 1. The number of aliphatic imine (C=N–C) groups is 1. The summed E-state index contributed by atoms with van der Waals surface area (Å²) in [5, 5.41) is 0. The zero-order chi connectivity index (χ0) is 13.8. The molecule has 3 heteroatoms. The number of hydrogen-bond donors (Lipinski definition) is 2. The SMILES string of the molecule is C=C(/N=C1/C=CC=CC1=C(N)N)c1ccc(C)cc1. The smallest absolute Gasteiger partial charge is 0.103 e. The maximum Gasteiger partial charge on any atom is 0.103 e. The number of nitrogens with two attached hydrogens (primary N) is 2. The maximum atomic E-state index is 5.65. The molecular weight excluding hydrogens is 234 g/mol. The van der Waals surface area contributed by atoms with Crippen LogP contribution in [0.5, 0.6) is 0 Å². The summed E-state index contributed by atoms with van der Waals surface area (Å²) in [6, 6.07) is 8.06. The van der Waals surface area contributed by atoms with E-state index in [0.717, 1.165) is 16.8 Å². The standard InChI is InChI=1S/C16H17N3/c1-11-7-9-13(10-8-11)12(2)19-15-6-4-3-5-14(15)16(17)18/h3-10H,2,17-18H2,1H3/b19-15-. The third-order valence-corrected chi connectivity index (χ3v) is 2.86. The minimum absolute atomic E-state index is 0.260. The molecule has 4 N–H and O–H groups in total. The molecule has 0 spiro atoms. The summed E-state index contributed by atoms with van der Waals surface area (Å²) in [6.07, 6.45) is 7.49. The molecule has 0 aliphatic heterocycles. The Bertz CT molecular complexity index is 610. The lowest BCUT2D eigenvalue weighted by atomic mass is 10.0. The Balaban J connectivity index is 2.33. The van der Waals surface area contributed by atoms with Gasteiger partial charge in [0, 0.05) is 5.57 Å². The van der Waals surface area contributed by atoms with Crippen LogP contribution < -0.4 is 11.5 Å². The van der Waals surface area contributed by atoms with Crippen LogP contribution in [0.3, 0.4) is 0 Å². The topological polar surface area (TPSA) is 64.4 Å². The first-order chi connectivity index (χ1) is 9.08. The van der Waals surface area contributed by atoms with Gasteiger partial charge < -0.3 is 11.5 Å². The number of aryl methyl sites for hydroxylation is 1. The zero-order valence-corrected chi connectivity index (χ0v) is 10.9. The van der Waals surface area contributed by atoms with Crippen molar-refractivity contribution in [2.75, 3.05) is 0 Å². The highest BCUT2D eigenvalue weighted by Crippen LogP contribution is 2.18. The Hall–Kier alpha value is -2.55. The molecule has 96 valence electrons. The first-order valence-electron chi connectivity index (χ1n) is 6.03. The van der Waals surface area contributed by atoms with E-state index in [1.54, 1.807) is 0 Å². The van der Waals surface area contributed by atoms with Crippen LogP contribution in [0.2, 0.25) is 0 Å². The molecule has 0 unspecified atom stereocenters. The fourth-order valence-corrected chi connectivity index (χ4v) is 1.77. The zero-order valence-electron chi connectivity index (χ0n) is 10.9. The average Bonchev–Trinajstić information content (AvgIpc) is 2.39. The highest BCUT2D eigenvalue weighted by Gasteiger charge is 2.08. The third kappa shape index (κ3) is 3.01. The van der Waals surface area contributed by atoms with Crippen molar-refractivity contribution < 1.29 is 0 Å². The summed E-state index contributed by atoms with van der Waals surface area (Å²) in [5.74, 6) is 0.260. The summed E-state index contributed by atoms with van der Waals surface area (Å²) >= 11 is 0. The Labute approximate surface area is 113 Å². The normalized spacial score (nSPS) is 15.8. The van der Waals surface area contributed by atoms with Crippen molar-refractivity contribution in [1.29, 1.82) is 0 Å². The van der Waals surface area contributed by atoms with Crippen LogP contribution in [-0.4, -0.2) is 5.71 Å². The lowest BCUT2D eigenvalue weighted by molar-refractivity contribution is 1.23. The van der Waals surface area contributed by atoms with Gasteiger partial charge in [-0.2, -0.15) is 0 Å². The summed E-state index contributed by atoms with van der Waals surface area (Å²) in [7, 11) is 0. The van der Waals surface area contributed by atoms with Gasteiger partial charge in [-0.1, -0.05) is 48.6 Å². The van der Waals surface area contributed by atoms with Crippen molar-refractivity contribution in [2.45, 2.75) is 6.92 Å². The molecule has 1 aromatic rings. The summed E-state index contributed by atoms with van der Waals surface area (Å²) in [5.41, 5.74) is 15.6. The van der Waals surface area contributed by atoms with Crippen LogP contribution in [0, 0.1) is 6.92 Å². The summed E-state index contributed by atoms with van der Waals surface area (Å²) < 4.78 is 0. The Kier molecular flexibility index (Phi) is 3.66. The fourth-order valence-electron chi connectivity index (χ4n) is 1.77. The van der Waals surface area contributed by atoms with Gasteiger partial charge in [-0.3, -0.25) is 0 Å². The third-order valence-electron chi connectivity index (χ3n) is 2.86. The van der Waals surface area contributed by atoms with Crippen molar-refractivity contribution in [3.8, 4) is 0 Å². The molecule has 3 nitrogen and oxygen atoms in total. The lowest BCUT2D eigenvalue weighted by Gasteiger charge is -2.09. The van der Waals surface area contributed by atoms with Gasteiger partial charge in [-0.25, -0.2) is 4.99 Å². The van der Waals surface area contributed by atoms with Gasteiger partial charge in [0.1, 0.15) is 5.82 Å². The second kappa shape index (κ2) is 5.40. The molecule has 0 saturated heterocycles. The molecule has 1 aliphatic carbocycles. The van der Waals surface area contributed by atoms with Crippen LogP contribution in [0.15, 0.2) is 71.5 Å². The summed E-state index contributed by atoms with van der Waals surface area (Å²) in [4.78, 5) is 4.50. The second-order valence-corrected chi connectivity index (χ2v) is 4.40. The summed E-state index contributed by atoms with van der Waals surface area (Å²) in [6.45, 7) is 6.04. The molecule has 1 aliphatic rings. The van der Waals surface area contributed by atoms with Crippen molar-refractivity contribution in [2.24, 2.45) is 16.5 Å². The number of rotatable bonds is 2. The van der Waals surface area contributed by atoms with Crippen LogP contribution in [-0.2, 0) is 0 Å². The molecule has 0 saturated carbocycles. The highest BCUT2D eigenvalue weighted by molar-refractivity contribution is 6.13. The second-order valence-electron chi connectivity index (χ2n) is 4.40. The molecule has 0 radical (unpaired) electrons. The molecule has 0 fully saturated rings. The number of nitrogens with zero attached hydrogens (tertiary/aromatic N) is 1. The Morgan fingerprint density at radius 2 is 1.68 bits per heavy atom. The van der Waals surface area contributed by atoms with Gasteiger partial charge in [0.05, 0.1) is 11.4 Å². The molecule has 0 aromatic heterocycles. The molecular formula is C16H17N3. The molecule has 0 heterocycles. The van der Waals surface area contributed by atoms with E-state index >= 15 is 0 Å². The van der Waals surface area contributed by atoms with Gasteiger partial charge in [0.2, 0.25) is 0 Å². The van der Waals surface area contributed by atoms with Crippen molar-refractivity contribution in [3.63, 3.8) is 0 Å². The van der Waals surface area contributed by atoms with E-state index < -0.39 is 0 Å². The Morgan fingerprint density at radius 1 is 1.05 bits per heavy atom. The fraction of sp³-hybridized carbons (Fsp3) is 0.0625. The minimum Gasteiger partial charge on any atom is -0.385 e. The van der Waals surface area contributed by atoms with Gasteiger partial charge in [0.15, 0.2) is 0 Å². The Morgan fingerprint density at radius 3 is 2.32 bits per heavy atom. The first kappa shape index (κ1) is 12.9. The molecule has 1 aromatic carbocycles.